The lowest BCUT2D eigenvalue weighted by atomic mass is 10.1. The maximum atomic E-state index is 16.0. The zero-order valence-corrected chi connectivity index (χ0v) is 21.2. The molecule has 1 heterocycles. The molecule has 0 radical (unpaired) electrons. The molecule has 5 heteroatoms. The molecular weight excluding hydrogens is 451 g/mol. The highest BCUT2D eigenvalue weighted by molar-refractivity contribution is 5.89. The van der Waals surface area contributed by atoms with Gasteiger partial charge in [0.15, 0.2) is 5.82 Å². The lowest BCUT2D eigenvalue weighted by Gasteiger charge is -2.13. The van der Waals surface area contributed by atoms with Crippen LogP contribution < -0.4 is 14.8 Å². The fourth-order valence-corrected chi connectivity index (χ4v) is 4.61. The fraction of sp³-hybridized carbons (Fsp3) is 0.355. The van der Waals surface area contributed by atoms with Gasteiger partial charge in [-0.15, -0.1) is 0 Å². The van der Waals surface area contributed by atoms with Crippen LogP contribution in [-0.4, -0.2) is 30.9 Å². The van der Waals surface area contributed by atoms with Gasteiger partial charge in [-0.2, -0.15) is 0 Å². The van der Waals surface area contributed by atoms with Gasteiger partial charge in [-0.05, 0) is 85.8 Å². The molecule has 1 saturated carbocycles. The van der Waals surface area contributed by atoms with E-state index >= 15 is 4.39 Å². The minimum Gasteiger partial charge on any atom is -0.497 e. The van der Waals surface area contributed by atoms with E-state index in [4.69, 9.17) is 9.47 Å². The Morgan fingerprint density at radius 3 is 2.36 bits per heavy atom. The molecule has 3 aromatic carbocycles. The van der Waals surface area contributed by atoms with Gasteiger partial charge in [-0.1, -0.05) is 37.6 Å². The van der Waals surface area contributed by atoms with E-state index in [9.17, 15) is 0 Å². The van der Waals surface area contributed by atoms with Crippen molar-refractivity contribution in [2.45, 2.75) is 51.6 Å². The Morgan fingerprint density at radius 1 is 0.944 bits per heavy atom. The summed E-state index contributed by atoms with van der Waals surface area (Å²) in [5.74, 6) is 1.23. The van der Waals surface area contributed by atoms with Gasteiger partial charge < -0.3 is 19.4 Å². The summed E-state index contributed by atoms with van der Waals surface area (Å²) >= 11 is 0. The van der Waals surface area contributed by atoms with E-state index in [0.29, 0.717) is 30.0 Å². The topological polar surface area (TPSA) is 35.4 Å². The lowest BCUT2D eigenvalue weighted by Crippen LogP contribution is -2.19. The molecule has 1 aliphatic carbocycles. The molecule has 1 fully saturated rings. The standard InChI is InChI=1S/C31H35FN2O2/c1-3-4-19-36-27-15-16-29-28(20-27)30(32)31(24-9-13-26(35-2)14-10-24)34(29)21-23-7-5-22(6-8-23)17-18-33-25-11-12-25/h5-10,13-16,20,25,33H,3-4,11-12,17-19,21H2,1-2H3. The Balaban J connectivity index is 1.46. The van der Waals surface area contributed by atoms with E-state index in [0.717, 1.165) is 54.2 Å². The molecule has 0 unspecified atom stereocenters. The summed E-state index contributed by atoms with van der Waals surface area (Å²) in [7, 11) is 1.64. The molecule has 1 aromatic heterocycles. The number of benzene rings is 3. The summed E-state index contributed by atoms with van der Waals surface area (Å²) in [4.78, 5) is 0. The molecule has 0 amide bonds. The van der Waals surface area contributed by atoms with Crippen molar-refractivity contribution in [3.05, 3.63) is 83.7 Å². The summed E-state index contributed by atoms with van der Waals surface area (Å²) < 4.78 is 29.3. The average Bonchev–Trinajstić information content (AvgIpc) is 3.70. The van der Waals surface area contributed by atoms with Crippen LogP contribution in [0.1, 0.15) is 43.7 Å². The molecule has 4 nitrogen and oxygen atoms in total. The van der Waals surface area contributed by atoms with Crippen LogP contribution in [0, 0.1) is 5.82 Å². The number of unbranched alkanes of at least 4 members (excludes halogenated alkanes) is 1. The molecule has 36 heavy (non-hydrogen) atoms. The predicted octanol–water partition coefficient (Wildman–Crippen LogP) is 6.98. The van der Waals surface area contributed by atoms with E-state index < -0.39 is 0 Å². The van der Waals surface area contributed by atoms with Crippen LogP contribution in [0.4, 0.5) is 4.39 Å². The molecule has 1 aliphatic rings. The minimum absolute atomic E-state index is 0.223. The SMILES string of the molecule is CCCCOc1ccc2c(c1)c(F)c(-c1ccc(OC)cc1)n2Cc1ccc(CCNC2CC2)cc1. The summed E-state index contributed by atoms with van der Waals surface area (Å²) in [6.45, 7) is 4.36. The Kier molecular flexibility index (Phi) is 7.57. The summed E-state index contributed by atoms with van der Waals surface area (Å²) in [6.07, 6.45) is 5.68. The predicted molar refractivity (Wildman–Crippen MR) is 145 cm³/mol. The molecule has 5 rings (SSSR count). The fourth-order valence-electron chi connectivity index (χ4n) is 4.61. The Bertz CT molecular complexity index is 1290. The number of hydrogen-bond acceptors (Lipinski definition) is 3. The molecule has 0 atom stereocenters. The number of fused-ring (bicyclic) bond motifs is 1. The molecule has 0 saturated heterocycles. The molecule has 188 valence electrons. The number of nitrogens with zero attached hydrogens (tertiary/aromatic N) is 1. The number of nitrogens with one attached hydrogen (secondary N) is 1. The smallest absolute Gasteiger partial charge is 0.156 e. The van der Waals surface area contributed by atoms with Crippen molar-refractivity contribution in [2.24, 2.45) is 0 Å². The van der Waals surface area contributed by atoms with Gasteiger partial charge in [-0.3, -0.25) is 0 Å². The maximum absolute atomic E-state index is 16.0. The van der Waals surface area contributed by atoms with Crippen LogP contribution in [0.25, 0.3) is 22.2 Å². The van der Waals surface area contributed by atoms with Crippen LogP contribution in [0.3, 0.4) is 0 Å². The van der Waals surface area contributed by atoms with Crippen LogP contribution >= 0.6 is 0 Å². The summed E-state index contributed by atoms with van der Waals surface area (Å²) in [6, 6.07) is 22.8. The summed E-state index contributed by atoms with van der Waals surface area (Å²) in [5.41, 5.74) is 4.72. The van der Waals surface area contributed by atoms with Crippen molar-refractivity contribution >= 4 is 10.9 Å². The first-order valence-electron chi connectivity index (χ1n) is 13.1. The van der Waals surface area contributed by atoms with Crippen LogP contribution in [-0.2, 0) is 13.0 Å². The molecule has 0 spiro atoms. The van der Waals surface area contributed by atoms with Crippen molar-refractivity contribution in [3.63, 3.8) is 0 Å². The van der Waals surface area contributed by atoms with Crippen molar-refractivity contribution in [3.8, 4) is 22.8 Å². The number of methoxy groups -OCH3 is 1. The third kappa shape index (κ3) is 5.57. The van der Waals surface area contributed by atoms with Crippen LogP contribution in [0.2, 0.25) is 0 Å². The van der Waals surface area contributed by atoms with Gasteiger partial charge in [0.2, 0.25) is 0 Å². The van der Waals surface area contributed by atoms with Crippen molar-refractivity contribution < 1.29 is 13.9 Å². The number of ether oxygens (including phenoxy) is 2. The van der Waals surface area contributed by atoms with Crippen LogP contribution in [0.5, 0.6) is 11.5 Å². The van der Waals surface area contributed by atoms with Crippen molar-refractivity contribution in [2.75, 3.05) is 20.3 Å². The lowest BCUT2D eigenvalue weighted by molar-refractivity contribution is 0.309. The quantitative estimate of drug-likeness (QED) is 0.220. The van der Waals surface area contributed by atoms with Gasteiger partial charge in [0.1, 0.15) is 11.5 Å². The van der Waals surface area contributed by atoms with Crippen molar-refractivity contribution in [1.82, 2.24) is 9.88 Å². The first-order valence-corrected chi connectivity index (χ1v) is 13.1. The van der Waals surface area contributed by atoms with E-state index in [1.807, 2.05) is 42.5 Å². The van der Waals surface area contributed by atoms with Crippen molar-refractivity contribution in [1.29, 1.82) is 0 Å². The van der Waals surface area contributed by atoms with Gasteiger partial charge in [-0.25, -0.2) is 4.39 Å². The highest BCUT2D eigenvalue weighted by Gasteiger charge is 2.21. The highest BCUT2D eigenvalue weighted by Crippen LogP contribution is 2.36. The van der Waals surface area contributed by atoms with Gasteiger partial charge in [0.05, 0.1) is 24.9 Å². The third-order valence-corrected chi connectivity index (χ3v) is 6.89. The Hall–Kier alpha value is -3.31. The minimum atomic E-state index is -0.223. The second kappa shape index (κ2) is 11.2. The second-order valence-electron chi connectivity index (χ2n) is 9.65. The summed E-state index contributed by atoms with van der Waals surface area (Å²) in [5, 5.41) is 4.15. The van der Waals surface area contributed by atoms with Gasteiger partial charge in [0.25, 0.3) is 0 Å². The Morgan fingerprint density at radius 2 is 1.67 bits per heavy atom. The monoisotopic (exact) mass is 486 g/mol. The molecule has 4 aromatic rings. The first-order chi connectivity index (χ1) is 17.7. The Labute approximate surface area is 213 Å². The van der Waals surface area contributed by atoms with Crippen LogP contribution in [0.15, 0.2) is 66.7 Å². The maximum Gasteiger partial charge on any atom is 0.156 e. The highest BCUT2D eigenvalue weighted by atomic mass is 19.1. The van der Waals surface area contributed by atoms with E-state index in [1.54, 1.807) is 7.11 Å². The number of halogens is 1. The first kappa shape index (κ1) is 24.4. The third-order valence-electron chi connectivity index (χ3n) is 6.89. The molecule has 0 bridgehead atoms. The zero-order valence-electron chi connectivity index (χ0n) is 21.2. The van der Waals surface area contributed by atoms with E-state index in [1.165, 1.54) is 18.4 Å². The van der Waals surface area contributed by atoms with Gasteiger partial charge in [0, 0.05) is 23.5 Å². The normalized spacial score (nSPS) is 13.3. The number of hydrogen-bond donors (Lipinski definition) is 1. The molecule has 1 N–H and O–H groups in total. The van der Waals surface area contributed by atoms with E-state index in [2.05, 4.69) is 41.1 Å². The zero-order chi connectivity index (χ0) is 24.9. The number of rotatable bonds is 12. The number of aromatic nitrogens is 1. The molecule has 0 aliphatic heterocycles. The second-order valence-corrected chi connectivity index (χ2v) is 9.65. The average molecular weight is 487 g/mol. The largest absolute Gasteiger partial charge is 0.497 e. The molecular formula is C31H35FN2O2. The van der Waals surface area contributed by atoms with E-state index in [-0.39, 0.29) is 5.82 Å². The van der Waals surface area contributed by atoms with Gasteiger partial charge >= 0.3 is 0 Å².